The first-order chi connectivity index (χ1) is 9.88. The number of nitrogens with zero attached hydrogens (tertiary/aromatic N) is 4. The number of aromatic nitrogens is 3. The van der Waals surface area contributed by atoms with Crippen LogP contribution < -0.4 is 4.90 Å². The van der Waals surface area contributed by atoms with E-state index in [0.717, 1.165) is 23.5 Å². The molecule has 0 amide bonds. The largest absolute Gasteiger partial charge is 0.335 e. The van der Waals surface area contributed by atoms with Crippen LogP contribution in [0.5, 0.6) is 0 Å². The Labute approximate surface area is 124 Å². The second-order valence-electron chi connectivity index (χ2n) is 5.27. The minimum Gasteiger partial charge on any atom is -0.335 e. The van der Waals surface area contributed by atoms with Crippen LogP contribution in [0.2, 0.25) is 0 Å². The molecule has 106 valence electrons. The van der Waals surface area contributed by atoms with Crippen molar-refractivity contribution in [1.29, 1.82) is 0 Å². The number of rotatable bonds is 4. The van der Waals surface area contributed by atoms with Gasteiger partial charge < -0.3 is 4.90 Å². The number of alkyl halides is 1. The first kappa shape index (κ1) is 13.6. The minimum absolute atomic E-state index is 0.505. The molecule has 1 heterocycles. The molecule has 2 aromatic rings. The molecule has 0 aliphatic heterocycles. The van der Waals surface area contributed by atoms with Crippen LogP contribution in [0, 0.1) is 0 Å². The van der Waals surface area contributed by atoms with E-state index in [2.05, 4.69) is 20.1 Å². The molecule has 0 atom stereocenters. The molecule has 0 radical (unpaired) electrons. The van der Waals surface area contributed by atoms with E-state index in [1.807, 2.05) is 24.3 Å². The summed E-state index contributed by atoms with van der Waals surface area (Å²) >= 11 is 5.97. The molecule has 5 heteroatoms. The van der Waals surface area contributed by atoms with Gasteiger partial charge in [0, 0.05) is 18.5 Å². The van der Waals surface area contributed by atoms with E-state index < -0.39 is 0 Å². The third kappa shape index (κ3) is 2.85. The lowest BCUT2D eigenvalue weighted by molar-refractivity contribution is 0.414. The zero-order chi connectivity index (χ0) is 13.8. The lowest BCUT2D eigenvalue weighted by atomic mass is 9.94. The monoisotopic (exact) mass is 290 g/mol. The standard InChI is InChI=1S/C15H19ClN4/c16-10-11-20(12-6-2-1-3-7-12)15-17-13-8-4-5-9-14(13)18-19-15/h4-5,8-9,12H,1-3,6-7,10-11H2. The first-order valence-electron chi connectivity index (χ1n) is 7.30. The van der Waals surface area contributed by atoms with E-state index in [4.69, 9.17) is 11.6 Å². The van der Waals surface area contributed by atoms with Crippen molar-refractivity contribution in [2.24, 2.45) is 0 Å². The fourth-order valence-corrected chi connectivity index (χ4v) is 3.11. The van der Waals surface area contributed by atoms with Crippen molar-refractivity contribution in [2.45, 2.75) is 38.1 Å². The molecule has 1 aliphatic carbocycles. The van der Waals surface area contributed by atoms with Crippen molar-refractivity contribution in [3.63, 3.8) is 0 Å². The van der Waals surface area contributed by atoms with Crippen LogP contribution >= 0.6 is 11.6 Å². The van der Waals surface area contributed by atoms with E-state index in [1.54, 1.807) is 0 Å². The van der Waals surface area contributed by atoms with Gasteiger partial charge in [0.05, 0.1) is 5.52 Å². The van der Waals surface area contributed by atoms with Crippen molar-refractivity contribution in [2.75, 3.05) is 17.3 Å². The third-order valence-electron chi connectivity index (χ3n) is 3.95. The molecular formula is C15H19ClN4. The molecule has 0 bridgehead atoms. The van der Waals surface area contributed by atoms with Gasteiger partial charge in [0.15, 0.2) is 0 Å². The highest BCUT2D eigenvalue weighted by Crippen LogP contribution is 2.25. The fraction of sp³-hybridized carbons (Fsp3) is 0.533. The highest BCUT2D eigenvalue weighted by molar-refractivity contribution is 6.18. The van der Waals surface area contributed by atoms with Gasteiger partial charge in [-0.25, -0.2) is 4.98 Å². The Kier molecular flexibility index (Phi) is 4.31. The van der Waals surface area contributed by atoms with Gasteiger partial charge in [-0.3, -0.25) is 0 Å². The van der Waals surface area contributed by atoms with Crippen molar-refractivity contribution < 1.29 is 0 Å². The van der Waals surface area contributed by atoms with Gasteiger partial charge in [-0.05, 0) is 25.0 Å². The SMILES string of the molecule is ClCCN(c1nnc2ccccc2n1)C1CCCCC1. The predicted octanol–water partition coefficient (Wildman–Crippen LogP) is 3.40. The summed E-state index contributed by atoms with van der Waals surface area (Å²) in [5.41, 5.74) is 1.73. The van der Waals surface area contributed by atoms with Gasteiger partial charge in [0.25, 0.3) is 0 Å². The number of fused-ring (bicyclic) bond motifs is 1. The lowest BCUT2D eigenvalue weighted by Gasteiger charge is -2.33. The topological polar surface area (TPSA) is 41.9 Å². The summed E-state index contributed by atoms with van der Waals surface area (Å²) in [6.07, 6.45) is 6.30. The molecule has 1 aliphatic rings. The lowest BCUT2D eigenvalue weighted by Crippen LogP contribution is -2.39. The summed E-state index contributed by atoms with van der Waals surface area (Å²) in [6, 6.07) is 8.35. The van der Waals surface area contributed by atoms with Crippen molar-refractivity contribution >= 4 is 28.6 Å². The van der Waals surface area contributed by atoms with Crippen LogP contribution in [-0.4, -0.2) is 33.6 Å². The second-order valence-corrected chi connectivity index (χ2v) is 5.65. The molecule has 0 N–H and O–H groups in total. The van der Waals surface area contributed by atoms with Gasteiger partial charge >= 0.3 is 0 Å². The summed E-state index contributed by atoms with van der Waals surface area (Å²) in [4.78, 5) is 6.90. The molecule has 1 aromatic heterocycles. The van der Waals surface area contributed by atoms with E-state index >= 15 is 0 Å². The summed E-state index contributed by atoms with van der Waals surface area (Å²) in [7, 11) is 0. The Hall–Kier alpha value is -1.42. The molecule has 1 fully saturated rings. The normalized spacial score (nSPS) is 16.4. The molecule has 3 rings (SSSR count). The maximum Gasteiger partial charge on any atom is 0.246 e. The Bertz CT molecular complexity index is 569. The number of benzene rings is 1. The number of halogens is 1. The molecule has 1 saturated carbocycles. The highest BCUT2D eigenvalue weighted by atomic mass is 35.5. The highest BCUT2D eigenvalue weighted by Gasteiger charge is 2.23. The number of anilines is 1. The molecule has 0 unspecified atom stereocenters. The minimum atomic E-state index is 0.505. The van der Waals surface area contributed by atoms with Crippen molar-refractivity contribution in [1.82, 2.24) is 15.2 Å². The molecule has 20 heavy (non-hydrogen) atoms. The predicted molar refractivity (Wildman–Crippen MR) is 82.3 cm³/mol. The van der Waals surface area contributed by atoms with Crippen molar-refractivity contribution in [3.05, 3.63) is 24.3 Å². The average molecular weight is 291 g/mol. The van der Waals surface area contributed by atoms with Gasteiger partial charge in [-0.1, -0.05) is 31.4 Å². The van der Waals surface area contributed by atoms with Crippen molar-refractivity contribution in [3.8, 4) is 0 Å². The second kappa shape index (κ2) is 6.35. The van der Waals surface area contributed by atoms with E-state index in [1.165, 1.54) is 32.1 Å². The zero-order valence-corrected chi connectivity index (χ0v) is 12.3. The molecule has 4 nitrogen and oxygen atoms in total. The molecule has 0 saturated heterocycles. The first-order valence-corrected chi connectivity index (χ1v) is 7.84. The average Bonchev–Trinajstić information content (AvgIpc) is 2.53. The van der Waals surface area contributed by atoms with E-state index in [0.29, 0.717) is 11.9 Å². The van der Waals surface area contributed by atoms with Gasteiger partial charge in [0.1, 0.15) is 5.52 Å². The van der Waals surface area contributed by atoms with Gasteiger partial charge in [-0.2, -0.15) is 0 Å². The van der Waals surface area contributed by atoms with E-state index in [-0.39, 0.29) is 0 Å². The Morgan fingerprint density at radius 3 is 2.55 bits per heavy atom. The van der Waals surface area contributed by atoms with Crippen LogP contribution in [-0.2, 0) is 0 Å². The quantitative estimate of drug-likeness (QED) is 0.809. The van der Waals surface area contributed by atoms with Crippen LogP contribution in [0.4, 0.5) is 5.95 Å². The summed E-state index contributed by atoms with van der Waals surface area (Å²) in [5, 5.41) is 8.59. The van der Waals surface area contributed by atoms with E-state index in [9.17, 15) is 0 Å². The molecule has 1 aromatic carbocycles. The number of para-hydroxylation sites is 1. The van der Waals surface area contributed by atoms with Crippen LogP contribution in [0.15, 0.2) is 24.3 Å². The zero-order valence-electron chi connectivity index (χ0n) is 11.5. The van der Waals surface area contributed by atoms with Gasteiger partial charge in [0.2, 0.25) is 5.95 Å². The van der Waals surface area contributed by atoms with Crippen LogP contribution in [0.25, 0.3) is 11.0 Å². The number of hydrogen-bond donors (Lipinski definition) is 0. The Morgan fingerprint density at radius 1 is 1.05 bits per heavy atom. The third-order valence-corrected chi connectivity index (χ3v) is 4.12. The van der Waals surface area contributed by atoms with Gasteiger partial charge in [-0.15, -0.1) is 21.8 Å². The summed E-state index contributed by atoms with van der Waals surface area (Å²) < 4.78 is 0. The Balaban J connectivity index is 1.91. The maximum absolute atomic E-state index is 5.97. The molecule has 0 spiro atoms. The maximum atomic E-state index is 5.97. The summed E-state index contributed by atoms with van der Waals surface area (Å²) in [5.74, 6) is 1.31. The Morgan fingerprint density at radius 2 is 1.80 bits per heavy atom. The fourth-order valence-electron chi connectivity index (χ4n) is 2.92. The molecular weight excluding hydrogens is 272 g/mol. The van der Waals surface area contributed by atoms with Crippen LogP contribution in [0.3, 0.4) is 0 Å². The smallest absolute Gasteiger partial charge is 0.246 e. The number of hydrogen-bond acceptors (Lipinski definition) is 4. The summed E-state index contributed by atoms with van der Waals surface area (Å²) in [6.45, 7) is 0.784. The van der Waals surface area contributed by atoms with Crippen LogP contribution in [0.1, 0.15) is 32.1 Å².